The summed E-state index contributed by atoms with van der Waals surface area (Å²) in [7, 11) is 0. The molecular weight excluding hydrogens is 526 g/mol. The van der Waals surface area contributed by atoms with Crippen LogP contribution in [0.4, 0.5) is 17.6 Å². The molecule has 38 heavy (non-hydrogen) atoms. The number of carbonyl (C=O) groups excluding carboxylic acids is 2. The number of pyridine rings is 1. The molecule has 3 aromatic rings. The molecule has 1 aromatic heterocycles. The number of esters is 1. The van der Waals surface area contributed by atoms with E-state index < -0.39 is 59.5 Å². The van der Waals surface area contributed by atoms with Crippen LogP contribution in [0.5, 0.6) is 5.75 Å². The van der Waals surface area contributed by atoms with E-state index in [9.17, 15) is 27.6 Å². The van der Waals surface area contributed by atoms with Crippen molar-refractivity contribution in [3.8, 4) is 5.75 Å². The summed E-state index contributed by atoms with van der Waals surface area (Å²) in [5.74, 6) is -2.91. The van der Waals surface area contributed by atoms with Gasteiger partial charge in [0.05, 0.1) is 6.04 Å². The molecule has 198 valence electrons. The molecular formula is C26H21F4N3O4S. The zero-order valence-corrected chi connectivity index (χ0v) is 21.0. The van der Waals surface area contributed by atoms with E-state index in [1.165, 1.54) is 39.8 Å². The van der Waals surface area contributed by atoms with Crippen LogP contribution in [0, 0.1) is 5.82 Å². The van der Waals surface area contributed by atoms with Gasteiger partial charge in [-0.25, -0.2) is 4.39 Å². The van der Waals surface area contributed by atoms with Gasteiger partial charge < -0.3 is 9.64 Å². The Morgan fingerprint density at radius 2 is 1.79 bits per heavy atom. The fourth-order valence-electron chi connectivity index (χ4n) is 4.73. The summed E-state index contributed by atoms with van der Waals surface area (Å²) in [4.78, 5) is 39.3. The standard InChI is InChI=1S/C26H21F4N3O4S/c1-14(26(28,29)30)31-13-33(32-11-10-20(35)24(37-15(2)34)23(32)25(31)36)22-16-7-5-8-19(27)18(16)12-38-21-9-4-3-6-17(21)22/h3-11,14,22H,12-13H2,1-2H3/t14-,22?/m0/s1. The van der Waals surface area contributed by atoms with Crippen molar-refractivity contribution in [2.45, 2.75) is 42.8 Å². The average Bonchev–Trinajstić information content (AvgIpc) is 3.02. The van der Waals surface area contributed by atoms with E-state index in [1.807, 2.05) is 6.07 Å². The number of rotatable bonds is 3. The summed E-state index contributed by atoms with van der Waals surface area (Å²) < 4.78 is 63.1. The minimum Gasteiger partial charge on any atom is -0.420 e. The highest BCUT2D eigenvalue weighted by atomic mass is 32.2. The number of fused-ring (bicyclic) bond motifs is 3. The first-order valence-electron chi connectivity index (χ1n) is 11.6. The highest BCUT2D eigenvalue weighted by Gasteiger charge is 2.48. The molecule has 0 N–H and O–H groups in total. The van der Waals surface area contributed by atoms with E-state index in [1.54, 1.807) is 24.3 Å². The van der Waals surface area contributed by atoms with Crippen LogP contribution in [-0.4, -0.2) is 40.3 Å². The van der Waals surface area contributed by atoms with Crippen LogP contribution in [-0.2, 0) is 10.5 Å². The summed E-state index contributed by atoms with van der Waals surface area (Å²) in [6.07, 6.45) is -3.54. The van der Waals surface area contributed by atoms with Gasteiger partial charge in [-0.2, -0.15) is 13.2 Å². The number of thioether (sulfide) groups is 1. The quantitative estimate of drug-likeness (QED) is 0.353. The minimum atomic E-state index is -4.79. The summed E-state index contributed by atoms with van der Waals surface area (Å²) in [6.45, 7) is 1.31. The molecule has 2 atom stereocenters. The number of ether oxygens (including phenoxy) is 1. The second kappa shape index (κ2) is 9.50. The van der Waals surface area contributed by atoms with Crippen LogP contribution < -0.4 is 15.2 Å². The summed E-state index contributed by atoms with van der Waals surface area (Å²) >= 11 is 1.39. The van der Waals surface area contributed by atoms with Crippen LogP contribution in [0.15, 0.2) is 64.4 Å². The smallest absolute Gasteiger partial charge is 0.408 e. The van der Waals surface area contributed by atoms with Gasteiger partial charge in [0.2, 0.25) is 11.2 Å². The van der Waals surface area contributed by atoms with Crippen LogP contribution in [0.1, 0.15) is 47.1 Å². The molecule has 0 spiro atoms. The third kappa shape index (κ3) is 4.32. The molecule has 3 heterocycles. The lowest BCUT2D eigenvalue weighted by molar-refractivity contribution is -0.173. The lowest BCUT2D eigenvalue weighted by atomic mass is 9.94. The Labute approximate surface area is 218 Å². The normalized spacial score (nSPS) is 17.7. The molecule has 0 fully saturated rings. The first-order valence-corrected chi connectivity index (χ1v) is 12.5. The monoisotopic (exact) mass is 547 g/mol. The Hall–Kier alpha value is -3.80. The average molecular weight is 548 g/mol. The van der Waals surface area contributed by atoms with Crippen molar-refractivity contribution in [1.29, 1.82) is 0 Å². The van der Waals surface area contributed by atoms with Crippen LogP contribution in [0.3, 0.4) is 0 Å². The molecule has 2 aliphatic heterocycles. The molecule has 0 saturated carbocycles. The molecule has 5 rings (SSSR count). The van der Waals surface area contributed by atoms with Gasteiger partial charge in [-0.1, -0.05) is 30.3 Å². The van der Waals surface area contributed by atoms with E-state index in [2.05, 4.69) is 0 Å². The SMILES string of the molecule is CC(=O)Oc1c2n(ccc1=O)N(C1c3ccccc3SCc3c(F)cccc31)CN([C@@H](C)C(F)(F)F)C2=O. The highest BCUT2D eigenvalue weighted by Crippen LogP contribution is 2.44. The third-order valence-electron chi connectivity index (χ3n) is 6.59. The third-order valence-corrected chi connectivity index (χ3v) is 7.71. The predicted octanol–water partition coefficient (Wildman–Crippen LogP) is 4.61. The van der Waals surface area contributed by atoms with Gasteiger partial charge in [0.25, 0.3) is 5.91 Å². The molecule has 0 aliphatic carbocycles. The molecule has 0 saturated heterocycles. The van der Waals surface area contributed by atoms with Crippen molar-refractivity contribution >= 4 is 23.6 Å². The molecule has 0 bridgehead atoms. The van der Waals surface area contributed by atoms with Crippen molar-refractivity contribution in [3.63, 3.8) is 0 Å². The number of halogens is 4. The number of amides is 1. The Morgan fingerprint density at radius 1 is 1.08 bits per heavy atom. The minimum absolute atomic E-state index is 0.278. The van der Waals surface area contributed by atoms with E-state index in [-0.39, 0.29) is 5.75 Å². The van der Waals surface area contributed by atoms with Gasteiger partial charge in [-0.05, 0) is 30.2 Å². The topological polar surface area (TPSA) is 71.8 Å². The summed E-state index contributed by atoms with van der Waals surface area (Å²) in [5, 5.41) is 1.45. The highest BCUT2D eigenvalue weighted by molar-refractivity contribution is 7.98. The molecule has 0 radical (unpaired) electrons. The molecule has 2 aliphatic rings. The van der Waals surface area contributed by atoms with Crippen molar-refractivity contribution in [2.24, 2.45) is 0 Å². The lowest BCUT2D eigenvalue weighted by Gasteiger charge is -2.46. The number of benzene rings is 2. The largest absolute Gasteiger partial charge is 0.420 e. The first kappa shape index (κ1) is 25.8. The first-order chi connectivity index (χ1) is 18.0. The maximum absolute atomic E-state index is 15.0. The molecule has 12 heteroatoms. The van der Waals surface area contributed by atoms with Crippen molar-refractivity contribution < 1.29 is 31.9 Å². The van der Waals surface area contributed by atoms with E-state index in [0.717, 1.165) is 24.8 Å². The van der Waals surface area contributed by atoms with Gasteiger partial charge in [0.15, 0.2) is 5.69 Å². The number of hydrogen-bond donors (Lipinski definition) is 0. The van der Waals surface area contributed by atoms with Crippen molar-refractivity contribution in [2.75, 3.05) is 11.7 Å². The zero-order chi connectivity index (χ0) is 27.4. The Kier molecular flexibility index (Phi) is 6.46. The molecule has 1 amide bonds. The van der Waals surface area contributed by atoms with Crippen molar-refractivity contribution in [3.05, 3.63) is 93.2 Å². The molecule has 7 nitrogen and oxygen atoms in total. The van der Waals surface area contributed by atoms with E-state index >= 15 is 4.39 Å². The summed E-state index contributed by atoms with van der Waals surface area (Å²) in [5.41, 5.74) is 0.172. The van der Waals surface area contributed by atoms with Gasteiger partial charge in [-0.15, -0.1) is 11.8 Å². The fourth-order valence-corrected chi connectivity index (χ4v) is 5.85. The van der Waals surface area contributed by atoms with Crippen molar-refractivity contribution in [1.82, 2.24) is 9.58 Å². The van der Waals surface area contributed by atoms with E-state index in [4.69, 9.17) is 4.74 Å². The van der Waals surface area contributed by atoms with Crippen LogP contribution in [0.2, 0.25) is 0 Å². The number of alkyl halides is 3. The number of aromatic nitrogens is 1. The van der Waals surface area contributed by atoms with Gasteiger partial charge in [0, 0.05) is 35.4 Å². The maximum atomic E-state index is 15.0. The lowest BCUT2D eigenvalue weighted by Crippen LogP contribution is -2.60. The summed E-state index contributed by atoms with van der Waals surface area (Å²) in [6, 6.07) is 9.67. The second-order valence-electron chi connectivity index (χ2n) is 8.91. The maximum Gasteiger partial charge on any atom is 0.408 e. The number of nitrogens with zero attached hydrogens (tertiary/aromatic N) is 3. The zero-order valence-electron chi connectivity index (χ0n) is 20.2. The molecule has 2 aromatic carbocycles. The van der Waals surface area contributed by atoms with Gasteiger partial charge in [-0.3, -0.25) is 24.1 Å². The fraction of sp³-hybridized carbons (Fsp3) is 0.269. The van der Waals surface area contributed by atoms with Crippen LogP contribution >= 0.6 is 11.8 Å². The number of hydrogen-bond acceptors (Lipinski definition) is 6. The Morgan fingerprint density at radius 3 is 2.50 bits per heavy atom. The van der Waals surface area contributed by atoms with E-state index in [0.29, 0.717) is 21.6 Å². The van der Waals surface area contributed by atoms with Gasteiger partial charge in [0.1, 0.15) is 18.5 Å². The van der Waals surface area contributed by atoms with Crippen LogP contribution in [0.25, 0.3) is 0 Å². The molecule has 1 unspecified atom stereocenters. The Bertz CT molecular complexity index is 1510. The van der Waals surface area contributed by atoms with Gasteiger partial charge >= 0.3 is 12.1 Å². The Balaban J connectivity index is 1.81. The number of carbonyl (C=O) groups is 2. The second-order valence-corrected chi connectivity index (χ2v) is 9.92. The predicted molar refractivity (Wildman–Crippen MR) is 131 cm³/mol.